The average Bonchev–Trinajstić information content (AvgIpc) is 2.63. The van der Waals surface area contributed by atoms with E-state index in [2.05, 4.69) is 12.2 Å². The van der Waals surface area contributed by atoms with Crippen molar-refractivity contribution in [3.05, 3.63) is 0 Å². The molecule has 3 nitrogen and oxygen atoms in total. The molecule has 1 N–H and O–H groups in total. The number of unbranched alkanes of at least 4 members (excludes halogenated alkanes) is 1. The van der Waals surface area contributed by atoms with Gasteiger partial charge < -0.3 is 10.1 Å². The van der Waals surface area contributed by atoms with Gasteiger partial charge in [0.25, 0.3) is 0 Å². The van der Waals surface area contributed by atoms with E-state index in [0.717, 1.165) is 6.42 Å². The van der Waals surface area contributed by atoms with Gasteiger partial charge in [0.05, 0.1) is 0 Å². The molecule has 1 aliphatic carbocycles. The lowest BCUT2D eigenvalue weighted by Crippen LogP contribution is -2.39. The van der Waals surface area contributed by atoms with E-state index in [0.29, 0.717) is 12.0 Å². The largest absolute Gasteiger partial charge is 0.375 e. The first-order chi connectivity index (χ1) is 7.27. The highest BCUT2D eigenvalue weighted by Gasteiger charge is 2.27. The summed E-state index contributed by atoms with van der Waals surface area (Å²) in [6.07, 6.45) is 7.46. The van der Waals surface area contributed by atoms with Gasteiger partial charge in [-0.05, 0) is 25.2 Å². The Hall–Kier alpha value is -0.570. The van der Waals surface area contributed by atoms with Crippen LogP contribution in [0.3, 0.4) is 0 Å². The minimum atomic E-state index is 0.0332. The molecule has 0 aromatic rings. The first-order valence-electron chi connectivity index (χ1n) is 6.06. The van der Waals surface area contributed by atoms with E-state index >= 15 is 0 Å². The fourth-order valence-electron chi connectivity index (χ4n) is 2.42. The van der Waals surface area contributed by atoms with Gasteiger partial charge >= 0.3 is 0 Å². The smallest absolute Gasteiger partial charge is 0.246 e. The van der Waals surface area contributed by atoms with Gasteiger partial charge in [0.2, 0.25) is 5.91 Å². The van der Waals surface area contributed by atoms with E-state index in [1.807, 2.05) is 0 Å². The first kappa shape index (κ1) is 12.5. The molecule has 15 heavy (non-hydrogen) atoms. The van der Waals surface area contributed by atoms with Gasteiger partial charge in [-0.1, -0.05) is 26.2 Å². The van der Waals surface area contributed by atoms with E-state index in [-0.39, 0.29) is 12.5 Å². The van der Waals surface area contributed by atoms with Gasteiger partial charge in [0, 0.05) is 13.2 Å². The van der Waals surface area contributed by atoms with Crippen LogP contribution in [0, 0.1) is 5.92 Å². The molecule has 0 bridgehead atoms. The molecule has 0 unspecified atom stereocenters. The van der Waals surface area contributed by atoms with E-state index in [1.54, 1.807) is 7.11 Å². The number of hydrogen-bond acceptors (Lipinski definition) is 2. The summed E-state index contributed by atoms with van der Waals surface area (Å²) < 4.78 is 4.82. The molecular formula is C12H23NO2. The van der Waals surface area contributed by atoms with Gasteiger partial charge in [-0.15, -0.1) is 0 Å². The summed E-state index contributed by atoms with van der Waals surface area (Å²) in [5.74, 6) is 0.733. The maximum atomic E-state index is 11.4. The molecule has 0 aliphatic heterocycles. The Morgan fingerprint density at radius 3 is 2.93 bits per heavy atom. The quantitative estimate of drug-likeness (QED) is 0.734. The number of methoxy groups -OCH3 is 1. The van der Waals surface area contributed by atoms with Crippen molar-refractivity contribution in [2.75, 3.05) is 13.7 Å². The second-order valence-electron chi connectivity index (χ2n) is 4.44. The van der Waals surface area contributed by atoms with Crippen LogP contribution in [0.5, 0.6) is 0 Å². The molecular weight excluding hydrogens is 190 g/mol. The Morgan fingerprint density at radius 1 is 1.47 bits per heavy atom. The van der Waals surface area contributed by atoms with E-state index in [9.17, 15) is 4.79 Å². The number of hydrogen-bond donors (Lipinski definition) is 1. The molecule has 0 aromatic heterocycles. The number of rotatable bonds is 6. The minimum Gasteiger partial charge on any atom is -0.375 e. The van der Waals surface area contributed by atoms with Gasteiger partial charge in [-0.25, -0.2) is 0 Å². The maximum absolute atomic E-state index is 11.4. The number of carbonyl (C=O) groups is 1. The van der Waals surface area contributed by atoms with Crippen LogP contribution in [0.25, 0.3) is 0 Å². The Kier molecular flexibility index (Phi) is 5.69. The Labute approximate surface area is 92.6 Å². The molecule has 0 aromatic carbocycles. The zero-order valence-electron chi connectivity index (χ0n) is 9.92. The standard InChI is InChI=1S/C12H23NO2/c1-3-4-6-10-7-5-8-11(10)13-12(14)9-15-2/h10-11H,3-9H2,1-2H3,(H,13,14)/t10-,11-/m1/s1. The summed E-state index contributed by atoms with van der Waals surface area (Å²) in [5.41, 5.74) is 0. The average molecular weight is 213 g/mol. The Morgan fingerprint density at radius 2 is 2.27 bits per heavy atom. The van der Waals surface area contributed by atoms with Crippen LogP contribution in [0.15, 0.2) is 0 Å². The summed E-state index contributed by atoms with van der Waals surface area (Å²) in [4.78, 5) is 11.4. The lowest BCUT2D eigenvalue weighted by molar-refractivity contribution is -0.125. The summed E-state index contributed by atoms with van der Waals surface area (Å²) in [6.45, 7) is 2.41. The molecule has 0 radical (unpaired) electrons. The lowest BCUT2D eigenvalue weighted by Gasteiger charge is -2.20. The summed E-state index contributed by atoms with van der Waals surface area (Å²) in [5, 5.41) is 3.07. The van der Waals surface area contributed by atoms with Gasteiger partial charge in [0.15, 0.2) is 0 Å². The zero-order chi connectivity index (χ0) is 11.1. The van der Waals surface area contributed by atoms with Crippen LogP contribution >= 0.6 is 0 Å². The summed E-state index contributed by atoms with van der Waals surface area (Å²) in [6, 6.07) is 0.402. The second kappa shape index (κ2) is 6.83. The van der Waals surface area contributed by atoms with E-state index in [4.69, 9.17) is 4.74 Å². The number of nitrogens with one attached hydrogen (secondary N) is 1. The van der Waals surface area contributed by atoms with Crippen molar-refractivity contribution in [3.63, 3.8) is 0 Å². The lowest BCUT2D eigenvalue weighted by atomic mass is 9.97. The third kappa shape index (κ3) is 4.20. The third-order valence-electron chi connectivity index (χ3n) is 3.21. The highest BCUT2D eigenvalue weighted by Crippen LogP contribution is 2.29. The predicted molar refractivity (Wildman–Crippen MR) is 60.7 cm³/mol. The molecule has 1 amide bonds. The van der Waals surface area contributed by atoms with Crippen LogP contribution in [-0.2, 0) is 9.53 Å². The Bertz CT molecular complexity index is 194. The molecule has 1 fully saturated rings. The molecule has 1 rings (SSSR count). The van der Waals surface area contributed by atoms with Gasteiger partial charge in [0.1, 0.15) is 6.61 Å². The molecule has 1 saturated carbocycles. The molecule has 0 spiro atoms. The van der Waals surface area contributed by atoms with Crippen molar-refractivity contribution in [2.24, 2.45) is 5.92 Å². The Balaban J connectivity index is 2.29. The highest BCUT2D eigenvalue weighted by atomic mass is 16.5. The van der Waals surface area contributed by atoms with Crippen molar-refractivity contribution in [1.29, 1.82) is 0 Å². The van der Waals surface area contributed by atoms with Crippen molar-refractivity contribution in [1.82, 2.24) is 5.32 Å². The van der Waals surface area contributed by atoms with Crippen molar-refractivity contribution < 1.29 is 9.53 Å². The minimum absolute atomic E-state index is 0.0332. The monoisotopic (exact) mass is 213 g/mol. The van der Waals surface area contributed by atoms with Crippen LogP contribution < -0.4 is 5.32 Å². The summed E-state index contributed by atoms with van der Waals surface area (Å²) in [7, 11) is 1.56. The van der Waals surface area contributed by atoms with Crippen LogP contribution in [0.4, 0.5) is 0 Å². The number of carbonyl (C=O) groups excluding carboxylic acids is 1. The van der Waals surface area contributed by atoms with Crippen molar-refractivity contribution in [3.8, 4) is 0 Å². The van der Waals surface area contributed by atoms with E-state index in [1.165, 1.54) is 32.1 Å². The predicted octanol–water partition coefficient (Wildman–Crippen LogP) is 2.11. The molecule has 2 atom stereocenters. The maximum Gasteiger partial charge on any atom is 0.246 e. The van der Waals surface area contributed by atoms with Gasteiger partial charge in [-0.2, -0.15) is 0 Å². The second-order valence-corrected chi connectivity index (χ2v) is 4.44. The van der Waals surface area contributed by atoms with Crippen LogP contribution in [0.1, 0.15) is 45.4 Å². The molecule has 1 aliphatic rings. The van der Waals surface area contributed by atoms with Crippen molar-refractivity contribution in [2.45, 2.75) is 51.5 Å². The van der Waals surface area contributed by atoms with Crippen LogP contribution in [-0.4, -0.2) is 25.7 Å². The molecule has 3 heteroatoms. The topological polar surface area (TPSA) is 38.3 Å². The summed E-state index contributed by atoms with van der Waals surface area (Å²) >= 11 is 0. The van der Waals surface area contributed by atoms with E-state index < -0.39 is 0 Å². The zero-order valence-corrected chi connectivity index (χ0v) is 9.92. The first-order valence-corrected chi connectivity index (χ1v) is 6.06. The fourth-order valence-corrected chi connectivity index (χ4v) is 2.42. The van der Waals surface area contributed by atoms with Crippen molar-refractivity contribution >= 4 is 5.91 Å². The highest BCUT2D eigenvalue weighted by molar-refractivity contribution is 5.77. The molecule has 88 valence electrons. The fraction of sp³-hybridized carbons (Fsp3) is 0.917. The molecule has 0 saturated heterocycles. The van der Waals surface area contributed by atoms with Gasteiger partial charge in [-0.3, -0.25) is 4.79 Å². The SMILES string of the molecule is CCCC[C@@H]1CCC[C@H]1NC(=O)COC. The van der Waals surface area contributed by atoms with Crippen LogP contribution in [0.2, 0.25) is 0 Å². The molecule has 0 heterocycles. The third-order valence-corrected chi connectivity index (χ3v) is 3.21. The normalized spacial score (nSPS) is 25.5. The number of ether oxygens (including phenoxy) is 1. The number of amides is 1.